The first-order valence-corrected chi connectivity index (χ1v) is 17.8. The predicted octanol–water partition coefficient (Wildman–Crippen LogP) is 12.9. The smallest absolute Gasteiger partial charge is 0.164 e. The van der Waals surface area contributed by atoms with Gasteiger partial charge in [-0.1, -0.05) is 164 Å². The molecule has 10 rings (SSSR count). The highest BCUT2D eigenvalue weighted by Crippen LogP contribution is 2.41. The fourth-order valence-corrected chi connectivity index (χ4v) is 7.30. The van der Waals surface area contributed by atoms with Crippen LogP contribution in [0.5, 0.6) is 0 Å². The molecule has 2 aromatic heterocycles. The molecular weight excluding hydrogens is 647 g/mol. The Hall–Kier alpha value is -7.17. The molecule has 0 atom stereocenters. The average Bonchev–Trinajstić information content (AvgIpc) is 3.62. The van der Waals surface area contributed by atoms with Gasteiger partial charge in [-0.2, -0.15) is 0 Å². The summed E-state index contributed by atoms with van der Waals surface area (Å²) >= 11 is 0. The van der Waals surface area contributed by atoms with Crippen molar-refractivity contribution in [2.75, 3.05) is 0 Å². The van der Waals surface area contributed by atoms with Crippen molar-refractivity contribution < 1.29 is 4.42 Å². The number of furan rings is 1. The molecule has 0 bridgehead atoms. The second-order valence-electron chi connectivity index (χ2n) is 13.2. The molecule has 0 aliphatic carbocycles. The fourth-order valence-electron chi connectivity index (χ4n) is 7.30. The molecule has 0 N–H and O–H groups in total. The first-order chi connectivity index (χ1) is 26.2. The van der Waals surface area contributed by atoms with E-state index in [1.807, 2.05) is 42.5 Å². The molecule has 0 spiro atoms. The van der Waals surface area contributed by atoms with Crippen molar-refractivity contribution in [3.8, 4) is 67.5 Å². The van der Waals surface area contributed by atoms with E-state index < -0.39 is 0 Å². The van der Waals surface area contributed by atoms with E-state index in [0.29, 0.717) is 17.5 Å². The number of rotatable bonds is 6. The zero-order valence-corrected chi connectivity index (χ0v) is 28.6. The lowest BCUT2D eigenvalue weighted by Crippen LogP contribution is -2.00. The van der Waals surface area contributed by atoms with Gasteiger partial charge in [0.05, 0.1) is 0 Å². The Morgan fingerprint density at radius 1 is 0.302 bits per heavy atom. The second-order valence-corrected chi connectivity index (χ2v) is 13.2. The van der Waals surface area contributed by atoms with Crippen LogP contribution in [0.4, 0.5) is 0 Å². The van der Waals surface area contributed by atoms with Gasteiger partial charge in [-0.3, -0.25) is 0 Å². The van der Waals surface area contributed by atoms with E-state index >= 15 is 0 Å². The Bertz CT molecular complexity index is 2910. The molecule has 0 unspecified atom stereocenters. The Balaban J connectivity index is 1.15. The topological polar surface area (TPSA) is 51.8 Å². The number of aromatic nitrogens is 3. The lowest BCUT2D eigenvalue weighted by molar-refractivity contribution is 0.669. The minimum atomic E-state index is 0.589. The summed E-state index contributed by atoms with van der Waals surface area (Å²) in [5, 5.41) is 4.35. The maximum atomic E-state index is 6.75. The molecule has 0 amide bonds. The van der Waals surface area contributed by atoms with Crippen molar-refractivity contribution in [1.29, 1.82) is 0 Å². The van der Waals surface area contributed by atoms with Crippen LogP contribution in [0.15, 0.2) is 192 Å². The third-order valence-electron chi connectivity index (χ3n) is 9.94. The summed E-state index contributed by atoms with van der Waals surface area (Å²) in [5.41, 5.74) is 11.2. The van der Waals surface area contributed by atoms with Crippen LogP contribution in [-0.4, -0.2) is 15.0 Å². The van der Waals surface area contributed by atoms with Gasteiger partial charge in [0, 0.05) is 27.5 Å². The van der Waals surface area contributed by atoms with Gasteiger partial charge in [-0.05, 0) is 68.4 Å². The molecule has 4 heteroatoms. The number of hydrogen-bond donors (Lipinski definition) is 0. The highest BCUT2D eigenvalue weighted by atomic mass is 16.3. The molecule has 0 aliphatic rings. The van der Waals surface area contributed by atoms with Crippen LogP contribution < -0.4 is 0 Å². The maximum Gasteiger partial charge on any atom is 0.164 e. The molecule has 53 heavy (non-hydrogen) atoms. The number of fused-ring (bicyclic) bond motifs is 4. The van der Waals surface area contributed by atoms with Crippen LogP contribution in [0.1, 0.15) is 0 Å². The molecule has 0 saturated heterocycles. The second kappa shape index (κ2) is 12.9. The van der Waals surface area contributed by atoms with Gasteiger partial charge in [0.1, 0.15) is 11.2 Å². The Morgan fingerprint density at radius 3 is 1.57 bits per heavy atom. The zero-order valence-electron chi connectivity index (χ0n) is 28.6. The summed E-state index contributed by atoms with van der Waals surface area (Å²) in [6, 6.07) is 65.2. The lowest BCUT2D eigenvalue weighted by atomic mass is 9.93. The van der Waals surface area contributed by atoms with Gasteiger partial charge in [0.25, 0.3) is 0 Å². The average molecular weight is 678 g/mol. The molecule has 248 valence electrons. The number of benzene rings is 8. The van der Waals surface area contributed by atoms with E-state index in [4.69, 9.17) is 19.4 Å². The number of hydrogen-bond acceptors (Lipinski definition) is 4. The summed E-state index contributed by atoms with van der Waals surface area (Å²) < 4.78 is 6.75. The minimum absolute atomic E-state index is 0.589. The third kappa shape index (κ3) is 5.63. The van der Waals surface area contributed by atoms with Gasteiger partial charge in [-0.25, -0.2) is 15.0 Å². The molecule has 4 nitrogen and oxygen atoms in total. The van der Waals surface area contributed by atoms with Gasteiger partial charge in [0.15, 0.2) is 17.5 Å². The molecule has 2 heterocycles. The standard InChI is InChI=1S/C49H31N3O/c1-4-13-32(14-5-1)34-23-25-36(26-24-34)43-29-39(33-15-6-2-7-16-33)31-45-46(43)42-28-27-38(30-44(42)53-45)48-50-47(37-18-8-3-9-19-37)51-49(52-48)41-22-12-20-35-17-10-11-21-40(35)41/h1-31H. The van der Waals surface area contributed by atoms with E-state index in [1.54, 1.807) is 0 Å². The van der Waals surface area contributed by atoms with E-state index in [0.717, 1.165) is 71.7 Å². The molecule has 0 fully saturated rings. The summed E-state index contributed by atoms with van der Waals surface area (Å²) in [6.45, 7) is 0. The van der Waals surface area contributed by atoms with Gasteiger partial charge >= 0.3 is 0 Å². The van der Waals surface area contributed by atoms with E-state index in [1.165, 1.54) is 11.1 Å². The monoisotopic (exact) mass is 677 g/mol. The van der Waals surface area contributed by atoms with Crippen LogP contribution >= 0.6 is 0 Å². The highest BCUT2D eigenvalue weighted by Gasteiger charge is 2.19. The molecule has 10 aromatic rings. The fraction of sp³-hybridized carbons (Fsp3) is 0. The quantitative estimate of drug-likeness (QED) is 0.176. The van der Waals surface area contributed by atoms with Crippen LogP contribution in [0.25, 0.3) is 100 Å². The lowest BCUT2D eigenvalue weighted by Gasteiger charge is -2.10. The van der Waals surface area contributed by atoms with Crippen molar-refractivity contribution in [2.24, 2.45) is 0 Å². The normalized spacial score (nSPS) is 11.4. The zero-order chi connectivity index (χ0) is 35.1. The first kappa shape index (κ1) is 30.6. The van der Waals surface area contributed by atoms with E-state index in [9.17, 15) is 0 Å². The van der Waals surface area contributed by atoms with Gasteiger partial charge in [-0.15, -0.1) is 0 Å². The van der Waals surface area contributed by atoms with Crippen molar-refractivity contribution in [3.63, 3.8) is 0 Å². The summed E-state index contributed by atoms with van der Waals surface area (Å²) in [6.07, 6.45) is 0. The molecule has 0 saturated carbocycles. The molecule has 8 aromatic carbocycles. The molecule has 0 aliphatic heterocycles. The van der Waals surface area contributed by atoms with E-state index in [2.05, 4.69) is 146 Å². The Morgan fingerprint density at radius 2 is 0.830 bits per heavy atom. The first-order valence-electron chi connectivity index (χ1n) is 17.8. The molecule has 0 radical (unpaired) electrons. The largest absolute Gasteiger partial charge is 0.456 e. The third-order valence-corrected chi connectivity index (χ3v) is 9.94. The summed E-state index contributed by atoms with van der Waals surface area (Å²) in [5.74, 6) is 1.84. The Labute approximate surface area is 306 Å². The highest BCUT2D eigenvalue weighted by molar-refractivity contribution is 6.14. The maximum absolute atomic E-state index is 6.75. The molecular formula is C49H31N3O. The van der Waals surface area contributed by atoms with Gasteiger partial charge in [0.2, 0.25) is 0 Å². The van der Waals surface area contributed by atoms with Crippen molar-refractivity contribution in [1.82, 2.24) is 15.0 Å². The van der Waals surface area contributed by atoms with Crippen molar-refractivity contribution in [2.45, 2.75) is 0 Å². The van der Waals surface area contributed by atoms with Crippen LogP contribution in [0, 0.1) is 0 Å². The minimum Gasteiger partial charge on any atom is -0.456 e. The van der Waals surface area contributed by atoms with Crippen LogP contribution in [0.2, 0.25) is 0 Å². The SMILES string of the molecule is c1ccc(-c2ccc(-c3cc(-c4ccccc4)cc4oc5cc(-c6nc(-c7ccccc7)nc(-c7cccc8ccccc78)n6)ccc5c34)cc2)cc1. The predicted molar refractivity (Wildman–Crippen MR) is 217 cm³/mol. The van der Waals surface area contributed by atoms with Crippen molar-refractivity contribution in [3.05, 3.63) is 188 Å². The number of nitrogens with zero attached hydrogens (tertiary/aromatic N) is 3. The van der Waals surface area contributed by atoms with Crippen LogP contribution in [-0.2, 0) is 0 Å². The summed E-state index contributed by atoms with van der Waals surface area (Å²) in [4.78, 5) is 15.1. The van der Waals surface area contributed by atoms with Crippen molar-refractivity contribution >= 4 is 32.7 Å². The summed E-state index contributed by atoms with van der Waals surface area (Å²) in [7, 11) is 0. The Kier molecular flexibility index (Phi) is 7.43. The van der Waals surface area contributed by atoms with Gasteiger partial charge < -0.3 is 4.42 Å². The van der Waals surface area contributed by atoms with Crippen LogP contribution in [0.3, 0.4) is 0 Å². The van der Waals surface area contributed by atoms with E-state index in [-0.39, 0.29) is 0 Å².